The van der Waals surface area contributed by atoms with Crippen molar-refractivity contribution in [2.75, 3.05) is 31.5 Å². The average molecular weight is 370 g/mol. The highest BCUT2D eigenvalue weighted by Crippen LogP contribution is 2.40. The van der Waals surface area contributed by atoms with Gasteiger partial charge in [-0.1, -0.05) is 13.8 Å². The first-order valence-corrected chi connectivity index (χ1v) is 10.6. The fourth-order valence-corrected chi connectivity index (χ4v) is 5.22. The topological polar surface area (TPSA) is 53.9 Å². The van der Waals surface area contributed by atoms with Gasteiger partial charge in [0.25, 0.3) is 0 Å². The maximum absolute atomic E-state index is 4.92. The second kappa shape index (κ2) is 7.45. The molecule has 3 heterocycles. The summed E-state index contributed by atoms with van der Waals surface area (Å²) in [5, 5.41) is 4.81. The van der Waals surface area contributed by atoms with Crippen molar-refractivity contribution in [3.05, 3.63) is 23.1 Å². The number of rotatable bonds is 6. The van der Waals surface area contributed by atoms with E-state index in [9.17, 15) is 0 Å². The van der Waals surface area contributed by atoms with Crippen LogP contribution in [0, 0.1) is 6.92 Å². The minimum atomic E-state index is 0.895. The summed E-state index contributed by atoms with van der Waals surface area (Å²) in [4.78, 5) is 17.6. The molecular formula is C20H27N5S. The Labute approximate surface area is 158 Å². The van der Waals surface area contributed by atoms with Gasteiger partial charge in [-0.15, -0.1) is 11.3 Å². The number of anilines is 1. The van der Waals surface area contributed by atoms with Crippen LogP contribution in [0.4, 0.5) is 5.82 Å². The molecule has 4 rings (SSSR count). The van der Waals surface area contributed by atoms with Gasteiger partial charge < -0.3 is 10.2 Å². The van der Waals surface area contributed by atoms with E-state index in [2.05, 4.69) is 41.0 Å². The molecule has 0 radical (unpaired) electrons. The van der Waals surface area contributed by atoms with Crippen LogP contribution in [0.1, 0.15) is 43.5 Å². The second-order valence-corrected chi connectivity index (χ2v) is 8.00. The summed E-state index contributed by atoms with van der Waals surface area (Å²) < 4.78 is 1.15. The van der Waals surface area contributed by atoms with Gasteiger partial charge in [0.15, 0.2) is 0 Å². The number of thiophene rings is 1. The van der Waals surface area contributed by atoms with E-state index in [1.54, 1.807) is 17.7 Å². The van der Waals surface area contributed by atoms with Gasteiger partial charge in [0.05, 0.1) is 10.2 Å². The average Bonchev–Trinajstić information content (AvgIpc) is 3.04. The molecule has 3 aromatic heterocycles. The van der Waals surface area contributed by atoms with Crippen LogP contribution in [0.5, 0.6) is 0 Å². The summed E-state index contributed by atoms with van der Waals surface area (Å²) in [5.74, 6) is 0.951. The predicted molar refractivity (Wildman–Crippen MR) is 110 cm³/mol. The molecule has 0 atom stereocenters. The number of aromatic nitrogens is 3. The van der Waals surface area contributed by atoms with E-state index in [4.69, 9.17) is 4.98 Å². The molecule has 0 saturated heterocycles. The van der Waals surface area contributed by atoms with Crippen molar-refractivity contribution in [3.63, 3.8) is 0 Å². The van der Waals surface area contributed by atoms with Gasteiger partial charge in [0, 0.05) is 24.2 Å². The van der Waals surface area contributed by atoms with E-state index in [1.807, 2.05) is 0 Å². The Morgan fingerprint density at radius 2 is 1.88 bits per heavy atom. The molecule has 0 unspecified atom stereocenters. The third-order valence-corrected chi connectivity index (χ3v) is 6.62. The van der Waals surface area contributed by atoms with Gasteiger partial charge in [0.1, 0.15) is 17.0 Å². The monoisotopic (exact) mass is 369 g/mol. The van der Waals surface area contributed by atoms with Crippen molar-refractivity contribution in [1.82, 2.24) is 19.9 Å². The summed E-state index contributed by atoms with van der Waals surface area (Å²) in [5.41, 5.74) is 5.22. The molecule has 0 aliphatic heterocycles. The zero-order chi connectivity index (χ0) is 18.1. The Morgan fingerprint density at radius 1 is 1.12 bits per heavy atom. The standard InChI is InChI=1S/C20H27N5S/c1-4-25(5-2)11-10-21-19-18-17(22-12-23-19)16-15-9-7-6-8-14(15)13(3)24-20(16)26-18/h12H,4-11H2,1-3H3,(H,21,22,23). The number of hydrogen-bond donors (Lipinski definition) is 1. The van der Waals surface area contributed by atoms with Crippen LogP contribution in [0.2, 0.25) is 0 Å². The Morgan fingerprint density at radius 3 is 2.65 bits per heavy atom. The Bertz CT molecular complexity index is 929. The number of nitrogens with zero attached hydrogens (tertiary/aromatic N) is 4. The van der Waals surface area contributed by atoms with Gasteiger partial charge in [-0.2, -0.15) is 0 Å². The quantitative estimate of drug-likeness (QED) is 0.706. The number of hydrogen-bond acceptors (Lipinski definition) is 6. The lowest BCUT2D eigenvalue weighted by Gasteiger charge is -2.18. The van der Waals surface area contributed by atoms with Crippen molar-refractivity contribution in [1.29, 1.82) is 0 Å². The first kappa shape index (κ1) is 17.6. The van der Waals surface area contributed by atoms with Crippen molar-refractivity contribution in [3.8, 4) is 0 Å². The summed E-state index contributed by atoms with van der Waals surface area (Å²) >= 11 is 1.73. The minimum Gasteiger partial charge on any atom is -0.367 e. The smallest absolute Gasteiger partial charge is 0.147 e. The molecule has 1 aliphatic carbocycles. The van der Waals surface area contributed by atoms with Crippen molar-refractivity contribution < 1.29 is 0 Å². The van der Waals surface area contributed by atoms with Gasteiger partial charge >= 0.3 is 0 Å². The molecular weight excluding hydrogens is 342 g/mol. The number of aryl methyl sites for hydroxylation is 2. The molecule has 0 bridgehead atoms. The molecule has 3 aromatic rings. The molecule has 26 heavy (non-hydrogen) atoms. The largest absolute Gasteiger partial charge is 0.367 e. The fourth-order valence-electron chi connectivity index (χ4n) is 4.05. The van der Waals surface area contributed by atoms with Crippen LogP contribution in [-0.2, 0) is 12.8 Å². The number of fused-ring (bicyclic) bond motifs is 5. The van der Waals surface area contributed by atoms with Gasteiger partial charge in [-0.3, -0.25) is 0 Å². The molecule has 0 amide bonds. The zero-order valence-corrected chi connectivity index (χ0v) is 16.7. The number of nitrogens with one attached hydrogen (secondary N) is 1. The molecule has 0 saturated carbocycles. The van der Waals surface area contributed by atoms with Crippen molar-refractivity contribution in [2.24, 2.45) is 0 Å². The number of pyridine rings is 1. The Balaban J connectivity index is 1.74. The van der Waals surface area contributed by atoms with E-state index in [0.29, 0.717) is 0 Å². The maximum Gasteiger partial charge on any atom is 0.147 e. The lowest BCUT2D eigenvalue weighted by Crippen LogP contribution is -2.28. The lowest BCUT2D eigenvalue weighted by molar-refractivity contribution is 0.316. The highest BCUT2D eigenvalue weighted by Gasteiger charge is 2.21. The number of likely N-dealkylation sites (N-methyl/N-ethyl adjacent to an activating group) is 1. The molecule has 0 spiro atoms. The Hall–Kier alpha value is -1.79. The highest BCUT2D eigenvalue weighted by atomic mass is 32.1. The molecule has 138 valence electrons. The van der Waals surface area contributed by atoms with E-state index in [1.165, 1.54) is 35.0 Å². The Kier molecular flexibility index (Phi) is 5.05. The molecule has 0 aromatic carbocycles. The van der Waals surface area contributed by atoms with Crippen LogP contribution in [-0.4, -0.2) is 46.0 Å². The summed E-state index contributed by atoms with van der Waals surface area (Å²) in [6.07, 6.45) is 6.54. The van der Waals surface area contributed by atoms with Crippen LogP contribution in [0.3, 0.4) is 0 Å². The van der Waals surface area contributed by atoms with Crippen LogP contribution >= 0.6 is 11.3 Å². The summed E-state index contributed by atoms with van der Waals surface area (Å²) in [7, 11) is 0. The molecule has 1 aliphatic rings. The van der Waals surface area contributed by atoms with Gasteiger partial charge in [-0.25, -0.2) is 15.0 Å². The lowest BCUT2D eigenvalue weighted by atomic mass is 9.89. The first-order chi connectivity index (χ1) is 12.7. The van der Waals surface area contributed by atoms with Crippen molar-refractivity contribution >= 4 is 37.6 Å². The predicted octanol–water partition coefficient (Wildman–Crippen LogP) is 4.18. The third kappa shape index (κ3) is 3.05. The highest BCUT2D eigenvalue weighted by molar-refractivity contribution is 7.26. The minimum absolute atomic E-state index is 0.895. The normalized spacial score (nSPS) is 14.3. The van der Waals surface area contributed by atoms with Crippen molar-refractivity contribution in [2.45, 2.75) is 46.5 Å². The zero-order valence-electron chi connectivity index (χ0n) is 15.9. The van der Waals surface area contributed by atoms with E-state index < -0.39 is 0 Å². The SMILES string of the molecule is CCN(CC)CCNc1ncnc2c1sc1nc(C)c3c(c12)CCCC3. The molecule has 6 heteroatoms. The third-order valence-electron chi connectivity index (χ3n) is 5.54. The maximum atomic E-state index is 4.92. The van der Waals surface area contributed by atoms with E-state index in [-0.39, 0.29) is 0 Å². The summed E-state index contributed by atoms with van der Waals surface area (Å²) in [6.45, 7) is 10.6. The molecule has 0 fully saturated rings. The van der Waals surface area contributed by atoms with E-state index >= 15 is 0 Å². The fraction of sp³-hybridized carbons (Fsp3) is 0.550. The van der Waals surface area contributed by atoms with Crippen LogP contribution in [0.15, 0.2) is 6.33 Å². The van der Waals surface area contributed by atoms with Gasteiger partial charge in [0.2, 0.25) is 0 Å². The van der Waals surface area contributed by atoms with Crippen LogP contribution in [0.25, 0.3) is 20.4 Å². The molecule has 5 nitrogen and oxygen atoms in total. The first-order valence-electron chi connectivity index (χ1n) is 9.74. The summed E-state index contributed by atoms with van der Waals surface area (Å²) in [6, 6.07) is 0. The van der Waals surface area contributed by atoms with E-state index in [0.717, 1.165) is 59.9 Å². The second-order valence-electron chi connectivity index (χ2n) is 7.00. The molecule has 1 N–H and O–H groups in total. The van der Waals surface area contributed by atoms with Crippen LogP contribution < -0.4 is 5.32 Å². The van der Waals surface area contributed by atoms with Gasteiger partial charge in [-0.05, 0) is 56.8 Å².